The molecule has 1 atom stereocenters. The summed E-state index contributed by atoms with van der Waals surface area (Å²) < 4.78 is 10.7. The van der Waals surface area contributed by atoms with Crippen molar-refractivity contribution in [1.29, 1.82) is 0 Å². The Morgan fingerprint density at radius 3 is 2.15 bits per heavy atom. The molecule has 1 aliphatic rings. The lowest BCUT2D eigenvalue weighted by molar-refractivity contribution is -0.140. The van der Waals surface area contributed by atoms with Crippen LogP contribution in [0.5, 0.6) is 11.5 Å². The van der Waals surface area contributed by atoms with Gasteiger partial charge >= 0.3 is 0 Å². The molecule has 0 aromatic heterocycles. The smallest absolute Gasteiger partial charge is 0.242 e. The number of nitrogens with one attached hydrogen (secondary N) is 1. The zero-order valence-corrected chi connectivity index (χ0v) is 20.1. The molecule has 0 bridgehead atoms. The maximum atomic E-state index is 13.3. The molecule has 0 saturated heterocycles. The van der Waals surface area contributed by atoms with E-state index in [9.17, 15) is 9.59 Å². The van der Waals surface area contributed by atoms with E-state index in [1.54, 1.807) is 36.1 Å². The first-order valence-electron chi connectivity index (χ1n) is 10.8. The molecule has 1 N–H and O–H groups in total. The van der Waals surface area contributed by atoms with Crippen LogP contribution in [0.15, 0.2) is 66.7 Å². The lowest BCUT2D eigenvalue weighted by Crippen LogP contribution is -2.47. The van der Waals surface area contributed by atoms with Crippen molar-refractivity contribution in [2.45, 2.75) is 32.5 Å². The summed E-state index contributed by atoms with van der Waals surface area (Å²) in [5.74, 6) is 0.923. The lowest BCUT2D eigenvalue weighted by atomic mass is 10.1. The Bertz CT molecular complexity index is 1170. The predicted molar refractivity (Wildman–Crippen MR) is 131 cm³/mol. The number of benzene rings is 3. The van der Waals surface area contributed by atoms with E-state index in [4.69, 9.17) is 32.7 Å². The number of amides is 2. The van der Waals surface area contributed by atoms with Crippen molar-refractivity contribution < 1.29 is 19.1 Å². The van der Waals surface area contributed by atoms with Gasteiger partial charge in [0, 0.05) is 23.1 Å². The van der Waals surface area contributed by atoms with Crippen LogP contribution in [0.4, 0.5) is 0 Å². The van der Waals surface area contributed by atoms with E-state index in [1.165, 1.54) is 0 Å². The molecule has 3 aromatic rings. The predicted octanol–water partition coefficient (Wildman–Crippen LogP) is 5.00. The maximum absolute atomic E-state index is 13.3. The summed E-state index contributed by atoms with van der Waals surface area (Å²) in [6.45, 7) is 2.50. The summed E-state index contributed by atoms with van der Waals surface area (Å²) in [4.78, 5) is 27.9. The molecule has 34 heavy (non-hydrogen) atoms. The van der Waals surface area contributed by atoms with Crippen molar-refractivity contribution in [2.75, 3.05) is 6.79 Å². The fourth-order valence-corrected chi connectivity index (χ4v) is 3.89. The number of carbonyl (C=O) groups excluding carboxylic acids is 2. The fourth-order valence-electron chi connectivity index (χ4n) is 3.64. The minimum atomic E-state index is -0.690. The summed E-state index contributed by atoms with van der Waals surface area (Å²) in [6.07, 6.45) is 0.157. The SMILES string of the molecule is C[C@@H](C(=O)NCc1ccc2c(c1)OCO2)N(Cc1ccc(Cl)cc1)C(=O)Cc1ccc(Cl)cc1. The van der Waals surface area contributed by atoms with Gasteiger partial charge in [0.05, 0.1) is 6.42 Å². The van der Waals surface area contributed by atoms with Gasteiger partial charge in [-0.15, -0.1) is 0 Å². The summed E-state index contributed by atoms with van der Waals surface area (Å²) >= 11 is 12.0. The Hall–Kier alpha value is -3.22. The highest BCUT2D eigenvalue weighted by molar-refractivity contribution is 6.30. The van der Waals surface area contributed by atoms with Gasteiger partial charge < -0.3 is 19.7 Å². The second-order valence-corrected chi connectivity index (χ2v) is 8.91. The van der Waals surface area contributed by atoms with E-state index in [0.717, 1.165) is 16.7 Å². The van der Waals surface area contributed by atoms with Crippen LogP contribution < -0.4 is 14.8 Å². The highest BCUT2D eigenvalue weighted by Crippen LogP contribution is 2.32. The summed E-state index contributed by atoms with van der Waals surface area (Å²) in [7, 11) is 0. The Morgan fingerprint density at radius 1 is 0.882 bits per heavy atom. The van der Waals surface area contributed by atoms with Gasteiger partial charge in [-0.3, -0.25) is 9.59 Å². The van der Waals surface area contributed by atoms with Gasteiger partial charge in [0.2, 0.25) is 18.6 Å². The fraction of sp³-hybridized carbons (Fsp3) is 0.231. The van der Waals surface area contributed by atoms with Crippen LogP contribution in [0, 0.1) is 0 Å². The van der Waals surface area contributed by atoms with E-state index in [-0.39, 0.29) is 31.6 Å². The van der Waals surface area contributed by atoms with Crippen molar-refractivity contribution in [2.24, 2.45) is 0 Å². The number of ether oxygens (including phenoxy) is 2. The third-order valence-electron chi connectivity index (χ3n) is 5.61. The maximum Gasteiger partial charge on any atom is 0.242 e. The molecule has 176 valence electrons. The zero-order chi connectivity index (χ0) is 24.1. The summed E-state index contributed by atoms with van der Waals surface area (Å²) in [5, 5.41) is 4.13. The number of nitrogens with zero attached hydrogens (tertiary/aromatic N) is 1. The van der Waals surface area contributed by atoms with Crippen LogP contribution in [-0.4, -0.2) is 29.5 Å². The first kappa shape index (κ1) is 23.9. The molecule has 8 heteroatoms. The van der Waals surface area contributed by atoms with Gasteiger partial charge in [0.25, 0.3) is 0 Å². The van der Waals surface area contributed by atoms with E-state index < -0.39 is 6.04 Å². The largest absolute Gasteiger partial charge is 0.454 e. The van der Waals surface area contributed by atoms with Crippen molar-refractivity contribution >= 4 is 35.0 Å². The lowest BCUT2D eigenvalue weighted by Gasteiger charge is -2.29. The molecule has 4 rings (SSSR count). The monoisotopic (exact) mass is 498 g/mol. The molecule has 0 radical (unpaired) electrons. The number of halogens is 2. The molecule has 0 unspecified atom stereocenters. The van der Waals surface area contributed by atoms with Crippen molar-refractivity contribution in [3.05, 3.63) is 93.5 Å². The van der Waals surface area contributed by atoms with E-state index in [1.807, 2.05) is 42.5 Å². The zero-order valence-electron chi connectivity index (χ0n) is 18.6. The van der Waals surface area contributed by atoms with Crippen LogP contribution >= 0.6 is 23.2 Å². The molecule has 0 spiro atoms. The van der Waals surface area contributed by atoms with Gasteiger partial charge in [-0.05, 0) is 60.0 Å². The minimum Gasteiger partial charge on any atom is -0.454 e. The number of carbonyl (C=O) groups is 2. The van der Waals surface area contributed by atoms with Crippen molar-refractivity contribution in [1.82, 2.24) is 10.2 Å². The Morgan fingerprint density at radius 2 is 1.47 bits per heavy atom. The van der Waals surface area contributed by atoms with Crippen LogP contribution in [0.3, 0.4) is 0 Å². The van der Waals surface area contributed by atoms with Gasteiger partial charge in [0.1, 0.15) is 6.04 Å². The number of hydrogen-bond acceptors (Lipinski definition) is 4. The average molecular weight is 499 g/mol. The van der Waals surface area contributed by atoms with Gasteiger partial charge in [-0.2, -0.15) is 0 Å². The van der Waals surface area contributed by atoms with Gasteiger partial charge in [-0.1, -0.05) is 53.5 Å². The third kappa shape index (κ3) is 6.01. The van der Waals surface area contributed by atoms with E-state index in [2.05, 4.69) is 5.32 Å². The number of fused-ring (bicyclic) bond motifs is 1. The molecule has 6 nitrogen and oxygen atoms in total. The van der Waals surface area contributed by atoms with Crippen molar-refractivity contribution in [3.63, 3.8) is 0 Å². The normalized spacial score (nSPS) is 12.8. The quantitative estimate of drug-likeness (QED) is 0.474. The summed E-state index contributed by atoms with van der Waals surface area (Å²) in [6, 6.07) is 19.2. The van der Waals surface area contributed by atoms with Crippen LogP contribution in [-0.2, 0) is 29.1 Å². The highest BCUT2D eigenvalue weighted by atomic mass is 35.5. The van der Waals surface area contributed by atoms with Gasteiger partial charge in [0.15, 0.2) is 11.5 Å². The number of hydrogen-bond donors (Lipinski definition) is 1. The molecule has 0 saturated carbocycles. The molecular formula is C26H24Cl2N2O4. The van der Waals surface area contributed by atoms with Crippen LogP contribution in [0.25, 0.3) is 0 Å². The van der Waals surface area contributed by atoms with E-state index in [0.29, 0.717) is 28.1 Å². The molecule has 0 fully saturated rings. The highest BCUT2D eigenvalue weighted by Gasteiger charge is 2.26. The van der Waals surface area contributed by atoms with Gasteiger partial charge in [-0.25, -0.2) is 0 Å². The molecule has 1 aliphatic heterocycles. The second-order valence-electron chi connectivity index (χ2n) is 8.03. The molecular weight excluding hydrogens is 475 g/mol. The van der Waals surface area contributed by atoms with Crippen LogP contribution in [0.2, 0.25) is 10.0 Å². The second kappa shape index (κ2) is 10.8. The number of rotatable bonds is 8. The van der Waals surface area contributed by atoms with E-state index >= 15 is 0 Å². The Balaban J connectivity index is 1.46. The van der Waals surface area contributed by atoms with Crippen LogP contribution in [0.1, 0.15) is 23.6 Å². The third-order valence-corrected chi connectivity index (χ3v) is 6.11. The molecule has 1 heterocycles. The Labute approximate surface area is 208 Å². The minimum absolute atomic E-state index is 0.157. The molecule has 3 aromatic carbocycles. The first-order chi connectivity index (χ1) is 16.4. The molecule has 0 aliphatic carbocycles. The standard InChI is InChI=1S/C26H24Cl2N2O4/c1-17(26(32)29-14-20-6-11-23-24(12-20)34-16-33-23)30(15-19-4-9-22(28)10-5-19)25(31)13-18-2-7-21(27)8-3-18/h2-12,17H,13-16H2,1H3,(H,29,32)/t17-/m0/s1. The average Bonchev–Trinajstić information content (AvgIpc) is 3.31. The summed E-state index contributed by atoms with van der Waals surface area (Å²) in [5.41, 5.74) is 2.58. The molecule has 2 amide bonds. The topological polar surface area (TPSA) is 67.9 Å². The Kier molecular flexibility index (Phi) is 7.60. The van der Waals surface area contributed by atoms with Crippen molar-refractivity contribution in [3.8, 4) is 11.5 Å². The first-order valence-corrected chi connectivity index (χ1v) is 11.6.